The highest BCUT2D eigenvalue weighted by Gasteiger charge is 2.10. The third kappa shape index (κ3) is 4.35. The van der Waals surface area contributed by atoms with Crippen molar-refractivity contribution in [1.29, 1.82) is 0 Å². The molecule has 0 bridgehead atoms. The second kappa shape index (κ2) is 6.61. The first-order valence-corrected chi connectivity index (χ1v) is 6.62. The Labute approximate surface area is 105 Å². The number of carbonyl (C=O) groups excluding carboxylic acids is 1. The lowest BCUT2D eigenvalue weighted by atomic mass is 10.2. The van der Waals surface area contributed by atoms with Crippen LogP contribution in [0.3, 0.4) is 0 Å². The van der Waals surface area contributed by atoms with Crippen LogP contribution in [0.25, 0.3) is 0 Å². The number of amides is 1. The summed E-state index contributed by atoms with van der Waals surface area (Å²) < 4.78 is 1.66. The normalized spacial score (nSPS) is 12.8. The first-order valence-electron chi connectivity index (χ1n) is 5.57. The summed E-state index contributed by atoms with van der Waals surface area (Å²) in [6, 6.07) is 0. The van der Waals surface area contributed by atoms with Gasteiger partial charge in [-0.2, -0.15) is 11.8 Å². The lowest BCUT2D eigenvalue weighted by molar-refractivity contribution is 0.0948. The van der Waals surface area contributed by atoms with Crippen molar-refractivity contribution in [3.8, 4) is 0 Å². The Morgan fingerprint density at radius 2 is 2.29 bits per heavy atom. The van der Waals surface area contributed by atoms with Crippen LogP contribution in [0.4, 0.5) is 0 Å². The highest BCUT2D eigenvalue weighted by molar-refractivity contribution is 7.99. The number of nitrogens with zero attached hydrogens (tertiary/aromatic N) is 3. The van der Waals surface area contributed by atoms with Crippen LogP contribution in [0.1, 0.15) is 31.3 Å². The molecular formula is C10H19N5OS. The lowest BCUT2D eigenvalue weighted by Crippen LogP contribution is -2.30. The number of hydrogen-bond donors (Lipinski definition) is 2. The number of carbonyl (C=O) groups is 1. The number of aromatic nitrogens is 3. The molecule has 0 fully saturated rings. The lowest BCUT2D eigenvalue weighted by Gasteiger charge is -2.14. The van der Waals surface area contributed by atoms with E-state index in [1.54, 1.807) is 10.9 Å². The minimum Gasteiger partial charge on any atom is -0.289 e. The maximum absolute atomic E-state index is 11.1. The van der Waals surface area contributed by atoms with Crippen molar-refractivity contribution in [3.05, 3.63) is 11.9 Å². The molecule has 1 atom stereocenters. The van der Waals surface area contributed by atoms with E-state index in [4.69, 9.17) is 5.84 Å². The van der Waals surface area contributed by atoms with E-state index in [2.05, 4.69) is 31.1 Å². The van der Waals surface area contributed by atoms with Gasteiger partial charge in [0.05, 0.1) is 12.7 Å². The molecule has 1 unspecified atom stereocenters. The fourth-order valence-corrected chi connectivity index (χ4v) is 2.16. The molecule has 1 aromatic heterocycles. The van der Waals surface area contributed by atoms with Crippen molar-refractivity contribution in [1.82, 2.24) is 20.4 Å². The van der Waals surface area contributed by atoms with E-state index in [-0.39, 0.29) is 5.69 Å². The summed E-state index contributed by atoms with van der Waals surface area (Å²) in [4.78, 5) is 11.1. The Kier molecular flexibility index (Phi) is 5.43. The van der Waals surface area contributed by atoms with E-state index in [0.717, 1.165) is 12.3 Å². The van der Waals surface area contributed by atoms with Crippen LogP contribution in [0.2, 0.25) is 0 Å². The van der Waals surface area contributed by atoms with Crippen LogP contribution in [-0.4, -0.2) is 31.9 Å². The fraction of sp³-hybridized carbons (Fsp3) is 0.700. The fourth-order valence-electron chi connectivity index (χ4n) is 1.11. The van der Waals surface area contributed by atoms with Crippen molar-refractivity contribution in [2.24, 2.45) is 11.8 Å². The number of rotatable bonds is 6. The van der Waals surface area contributed by atoms with Gasteiger partial charge < -0.3 is 0 Å². The summed E-state index contributed by atoms with van der Waals surface area (Å²) in [5.41, 5.74) is 2.27. The molecule has 0 radical (unpaired) electrons. The molecule has 1 aromatic rings. The number of thioether (sulfide) groups is 1. The van der Waals surface area contributed by atoms with Crippen LogP contribution in [0.5, 0.6) is 0 Å². The minimum atomic E-state index is -0.417. The first-order chi connectivity index (χ1) is 8.04. The van der Waals surface area contributed by atoms with E-state index in [0.29, 0.717) is 11.2 Å². The maximum atomic E-state index is 11.1. The van der Waals surface area contributed by atoms with E-state index < -0.39 is 5.91 Å². The summed E-state index contributed by atoms with van der Waals surface area (Å²) in [5, 5.41) is 8.21. The van der Waals surface area contributed by atoms with E-state index in [1.165, 1.54) is 0 Å². The third-order valence-electron chi connectivity index (χ3n) is 2.54. The summed E-state index contributed by atoms with van der Waals surface area (Å²) in [6.07, 6.45) is 1.60. The molecule has 96 valence electrons. The molecule has 3 N–H and O–H groups in total. The van der Waals surface area contributed by atoms with Crippen molar-refractivity contribution in [3.63, 3.8) is 0 Å². The number of nitrogen functional groups attached to an aromatic ring is 1. The van der Waals surface area contributed by atoms with Gasteiger partial charge in [0.1, 0.15) is 0 Å². The molecule has 7 heteroatoms. The van der Waals surface area contributed by atoms with E-state index in [1.807, 2.05) is 17.2 Å². The van der Waals surface area contributed by atoms with Crippen molar-refractivity contribution in [2.75, 3.05) is 5.75 Å². The van der Waals surface area contributed by atoms with Crippen LogP contribution < -0.4 is 11.3 Å². The van der Waals surface area contributed by atoms with Gasteiger partial charge in [-0.15, -0.1) is 5.10 Å². The highest BCUT2D eigenvalue weighted by Crippen LogP contribution is 2.18. The Morgan fingerprint density at radius 3 is 2.88 bits per heavy atom. The number of hydrazine groups is 1. The average Bonchev–Trinajstić information content (AvgIpc) is 2.76. The van der Waals surface area contributed by atoms with E-state index in [9.17, 15) is 4.79 Å². The zero-order valence-electron chi connectivity index (χ0n) is 10.4. The smallest absolute Gasteiger partial charge is 0.287 e. The Bertz CT molecular complexity index is 365. The van der Waals surface area contributed by atoms with Crippen LogP contribution in [-0.2, 0) is 6.54 Å². The molecular weight excluding hydrogens is 238 g/mol. The molecule has 1 amide bonds. The largest absolute Gasteiger partial charge is 0.289 e. The molecule has 0 spiro atoms. The van der Waals surface area contributed by atoms with Gasteiger partial charge in [-0.25, -0.2) is 5.84 Å². The molecule has 1 heterocycles. The monoisotopic (exact) mass is 257 g/mol. The van der Waals surface area contributed by atoms with Gasteiger partial charge in [0.15, 0.2) is 5.69 Å². The zero-order valence-corrected chi connectivity index (χ0v) is 11.2. The van der Waals surface area contributed by atoms with Gasteiger partial charge in [-0.1, -0.05) is 26.0 Å². The number of nitrogens with one attached hydrogen (secondary N) is 1. The van der Waals surface area contributed by atoms with Gasteiger partial charge in [0.25, 0.3) is 5.91 Å². The van der Waals surface area contributed by atoms with Gasteiger partial charge in [0.2, 0.25) is 0 Å². The molecule has 0 aliphatic rings. The quantitative estimate of drug-likeness (QED) is 0.444. The van der Waals surface area contributed by atoms with Crippen LogP contribution >= 0.6 is 11.8 Å². The molecule has 0 aliphatic carbocycles. The van der Waals surface area contributed by atoms with Gasteiger partial charge >= 0.3 is 0 Å². The molecule has 6 nitrogen and oxygen atoms in total. The molecule has 0 saturated carbocycles. The number of hydrogen-bond acceptors (Lipinski definition) is 5. The summed E-state index contributed by atoms with van der Waals surface area (Å²) >= 11 is 1.89. The second-order valence-electron chi connectivity index (χ2n) is 4.16. The first kappa shape index (κ1) is 14.0. The van der Waals surface area contributed by atoms with E-state index >= 15 is 0 Å². The zero-order chi connectivity index (χ0) is 12.8. The molecule has 1 rings (SSSR count). The molecule has 0 aliphatic heterocycles. The number of nitrogens with two attached hydrogens (primary N) is 1. The van der Waals surface area contributed by atoms with Crippen molar-refractivity contribution < 1.29 is 4.79 Å². The van der Waals surface area contributed by atoms with Crippen molar-refractivity contribution in [2.45, 2.75) is 32.6 Å². The standard InChI is InChI=1S/C10H19N5OS/c1-7(2)8(3)17-5-4-15-6-9(13-14-15)10(16)12-11/h6-8H,4-5,11H2,1-3H3,(H,12,16). The topological polar surface area (TPSA) is 85.8 Å². The third-order valence-corrected chi connectivity index (χ3v) is 4.03. The molecule has 0 aromatic carbocycles. The Hall–Kier alpha value is -1.08. The Morgan fingerprint density at radius 1 is 1.59 bits per heavy atom. The minimum absolute atomic E-state index is 0.245. The summed E-state index contributed by atoms with van der Waals surface area (Å²) in [7, 11) is 0. The SMILES string of the molecule is CC(C)C(C)SCCn1cc(C(=O)NN)nn1. The van der Waals surface area contributed by atoms with Gasteiger partial charge in [0, 0.05) is 11.0 Å². The summed E-state index contributed by atoms with van der Waals surface area (Å²) in [5.74, 6) is 6.20. The van der Waals surface area contributed by atoms with Gasteiger partial charge in [-0.3, -0.25) is 14.9 Å². The molecule has 17 heavy (non-hydrogen) atoms. The summed E-state index contributed by atoms with van der Waals surface area (Å²) in [6.45, 7) is 7.37. The van der Waals surface area contributed by atoms with Crippen LogP contribution in [0.15, 0.2) is 6.20 Å². The second-order valence-corrected chi connectivity index (χ2v) is 5.65. The Balaban J connectivity index is 2.37. The highest BCUT2D eigenvalue weighted by atomic mass is 32.2. The number of aryl methyl sites for hydroxylation is 1. The van der Waals surface area contributed by atoms with Gasteiger partial charge in [-0.05, 0) is 5.92 Å². The van der Waals surface area contributed by atoms with Crippen molar-refractivity contribution >= 4 is 17.7 Å². The average molecular weight is 257 g/mol. The van der Waals surface area contributed by atoms with Crippen LogP contribution in [0, 0.1) is 5.92 Å². The predicted molar refractivity (Wildman–Crippen MR) is 68.4 cm³/mol. The molecule has 0 saturated heterocycles. The predicted octanol–water partition coefficient (Wildman–Crippen LogP) is 0.659. The maximum Gasteiger partial charge on any atom is 0.287 e.